The van der Waals surface area contributed by atoms with Gasteiger partial charge in [-0.05, 0) is 36.8 Å². The first-order chi connectivity index (χ1) is 13.0. The Labute approximate surface area is 156 Å². The highest BCUT2D eigenvalue weighted by Gasteiger charge is 2.17. The van der Waals surface area contributed by atoms with E-state index in [0.717, 1.165) is 16.8 Å². The highest BCUT2D eigenvalue weighted by Crippen LogP contribution is 2.39. The van der Waals surface area contributed by atoms with Gasteiger partial charge >= 0.3 is 6.61 Å². The van der Waals surface area contributed by atoms with Crippen molar-refractivity contribution < 1.29 is 23.0 Å². The molecule has 0 unspecified atom stereocenters. The van der Waals surface area contributed by atoms with Gasteiger partial charge in [0.25, 0.3) is 0 Å². The van der Waals surface area contributed by atoms with Crippen molar-refractivity contribution in [2.24, 2.45) is 0 Å². The van der Waals surface area contributed by atoms with Gasteiger partial charge in [-0.1, -0.05) is 12.1 Å². The lowest BCUT2D eigenvalue weighted by Gasteiger charge is -2.15. The number of aryl methyl sites for hydroxylation is 1. The zero-order valence-corrected chi connectivity index (χ0v) is 15.3. The summed E-state index contributed by atoms with van der Waals surface area (Å²) in [5.74, 6) is 1.25. The zero-order chi connectivity index (χ0) is 19.4. The molecule has 1 aromatic carbocycles. The number of aromatic nitrogens is 2. The Morgan fingerprint density at radius 1 is 1.04 bits per heavy atom. The summed E-state index contributed by atoms with van der Waals surface area (Å²) in [6.45, 7) is -0.550. The first kappa shape index (κ1) is 18.7. The number of benzene rings is 1. The molecule has 0 saturated carbocycles. The molecule has 0 atom stereocenters. The number of halogens is 2. The van der Waals surface area contributed by atoms with E-state index in [1.54, 1.807) is 26.4 Å². The second-order valence-corrected chi connectivity index (χ2v) is 5.91. The second-order valence-electron chi connectivity index (χ2n) is 5.91. The molecule has 0 spiro atoms. The van der Waals surface area contributed by atoms with E-state index < -0.39 is 6.61 Å². The molecule has 2 heterocycles. The summed E-state index contributed by atoms with van der Waals surface area (Å²) in [6, 6.07) is 12.4. The minimum atomic E-state index is -2.91. The highest BCUT2D eigenvalue weighted by molar-refractivity contribution is 5.75. The Morgan fingerprint density at radius 3 is 2.33 bits per heavy atom. The van der Waals surface area contributed by atoms with Crippen LogP contribution in [-0.4, -0.2) is 30.4 Å². The summed E-state index contributed by atoms with van der Waals surface area (Å²) in [5.41, 5.74) is 3.33. The Morgan fingerprint density at radius 2 is 1.70 bits per heavy atom. The molecule has 142 valence electrons. The van der Waals surface area contributed by atoms with Gasteiger partial charge in [0.15, 0.2) is 0 Å². The van der Waals surface area contributed by atoms with Crippen molar-refractivity contribution >= 4 is 0 Å². The maximum Gasteiger partial charge on any atom is 0.388 e. The maximum absolute atomic E-state index is 12.4. The van der Waals surface area contributed by atoms with Gasteiger partial charge in [-0.2, -0.15) is 8.78 Å². The van der Waals surface area contributed by atoms with Crippen molar-refractivity contribution in [2.45, 2.75) is 20.1 Å². The normalized spacial score (nSPS) is 10.9. The van der Waals surface area contributed by atoms with Gasteiger partial charge in [0.2, 0.25) is 5.88 Å². The van der Waals surface area contributed by atoms with E-state index in [2.05, 4.69) is 9.72 Å². The summed E-state index contributed by atoms with van der Waals surface area (Å²) >= 11 is 0. The van der Waals surface area contributed by atoms with Crippen molar-refractivity contribution in [3.63, 3.8) is 0 Å². The van der Waals surface area contributed by atoms with E-state index in [0.29, 0.717) is 23.7 Å². The summed E-state index contributed by atoms with van der Waals surface area (Å²) in [6.07, 6.45) is 1.96. The number of alkyl halides is 2. The molecule has 5 nitrogen and oxygen atoms in total. The highest BCUT2D eigenvalue weighted by atomic mass is 19.3. The van der Waals surface area contributed by atoms with Crippen LogP contribution in [0.4, 0.5) is 8.78 Å². The fourth-order valence-electron chi connectivity index (χ4n) is 2.98. The maximum atomic E-state index is 12.4. The minimum absolute atomic E-state index is 0.109. The number of hydrogen-bond donors (Lipinski definition) is 0. The smallest absolute Gasteiger partial charge is 0.388 e. The van der Waals surface area contributed by atoms with E-state index in [1.165, 1.54) is 6.07 Å². The molecule has 7 heteroatoms. The lowest BCUT2D eigenvalue weighted by Crippen LogP contribution is -2.07. The fourth-order valence-corrected chi connectivity index (χ4v) is 2.98. The van der Waals surface area contributed by atoms with E-state index in [4.69, 9.17) is 9.47 Å². The zero-order valence-electron chi connectivity index (χ0n) is 15.3. The Balaban J connectivity index is 2.01. The number of methoxy groups -OCH3 is 2. The van der Waals surface area contributed by atoms with Crippen LogP contribution in [0, 0.1) is 6.92 Å². The van der Waals surface area contributed by atoms with E-state index in [9.17, 15) is 8.78 Å². The van der Waals surface area contributed by atoms with Crippen molar-refractivity contribution in [1.82, 2.24) is 9.55 Å². The molecule has 0 N–H and O–H groups in total. The SMILES string of the molecule is COc1cccc(OC)c1-c1cc(C)cn1Cc1cccc(OC(F)F)n1. The molecule has 0 aliphatic rings. The molecular weight excluding hydrogens is 354 g/mol. The van der Waals surface area contributed by atoms with E-state index in [-0.39, 0.29) is 5.88 Å². The molecule has 0 bridgehead atoms. The van der Waals surface area contributed by atoms with Gasteiger partial charge in [-0.15, -0.1) is 0 Å². The average Bonchev–Trinajstić information content (AvgIpc) is 3.00. The van der Waals surface area contributed by atoms with Crippen LogP contribution in [0.25, 0.3) is 11.3 Å². The fraction of sp³-hybridized carbons (Fsp3) is 0.250. The lowest BCUT2D eigenvalue weighted by molar-refractivity contribution is -0.0529. The molecular formula is C20H20F2N2O3. The van der Waals surface area contributed by atoms with Crippen molar-refractivity contribution in [3.8, 4) is 28.6 Å². The molecule has 3 aromatic rings. The minimum Gasteiger partial charge on any atom is -0.496 e. The number of pyridine rings is 1. The summed E-state index contributed by atoms with van der Waals surface area (Å²) in [4.78, 5) is 4.15. The third kappa shape index (κ3) is 4.19. The molecule has 0 saturated heterocycles. The molecule has 0 fully saturated rings. The van der Waals surface area contributed by atoms with Gasteiger partial charge in [-0.3, -0.25) is 0 Å². The van der Waals surface area contributed by atoms with Gasteiger partial charge in [0, 0.05) is 12.3 Å². The van der Waals surface area contributed by atoms with Crippen LogP contribution in [-0.2, 0) is 6.54 Å². The van der Waals surface area contributed by atoms with Crippen LogP contribution in [0.5, 0.6) is 17.4 Å². The van der Waals surface area contributed by atoms with Gasteiger partial charge < -0.3 is 18.8 Å². The predicted molar refractivity (Wildman–Crippen MR) is 97.7 cm³/mol. The topological polar surface area (TPSA) is 45.5 Å². The molecule has 0 radical (unpaired) electrons. The third-order valence-corrected chi connectivity index (χ3v) is 4.04. The first-order valence-electron chi connectivity index (χ1n) is 8.30. The molecule has 0 amide bonds. The number of ether oxygens (including phenoxy) is 3. The summed E-state index contributed by atoms with van der Waals surface area (Å²) in [5, 5.41) is 0. The molecule has 3 rings (SSSR count). The van der Waals surface area contributed by atoms with E-state index in [1.807, 2.05) is 42.0 Å². The first-order valence-corrected chi connectivity index (χ1v) is 8.30. The van der Waals surface area contributed by atoms with Gasteiger partial charge in [-0.25, -0.2) is 4.98 Å². The standard InChI is InChI=1S/C20H20F2N2O3/c1-13-10-15(19-16(25-2)7-5-8-17(19)26-3)24(11-13)12-14-6-4-9-18(23-14)27-20(21)22/h4-11,20H,12H2,1-3H3. The number of nitrogens with zero attached hydrogens (tertiary/aromatic N) is 2. The largest absolute Gasteiger partial charge is 0.496 e. The van der Waals surface area contributed by atoms with Crippen molar-refractivity contribution in [2.75, 3.05) is 14.2 Å². The third-order valence-electron chi connectivity index (χ3n) is 4.04. The van der Waals surface area contributed by atoms with Crippen LogP contribution in [0.3, 0.4) is 0 Å². The summed E-state index contributed by atoms with van der Waals surface area (Å²) in [7, 11) is 3.20. The number of rotatable bonds is 7. The van der Waals surface area contributed by atoms with Crippen molar-refractivity contribution in [1.29, 1.82) is 0 Å². The predicted octanol–water partition coefficient (Wildman–Crippen LogP) is 4.53. The van der Waals surface area contributed by atoms with Crippen LogP contribution in [0.2, 0.25) is 0 Å². The molecule has 27 heavy (non-hydrogen) atoms. The molecule has 0 aliphatic heterocycles. The second kappa shape index (κ2) is 8.07. The van der Waals surface area contributed by atoms with Gasteiger partial charge in [0.05, 0.1) is 37.7 Å². The molecule has 0 aliphatic carbocycles. The van der Waals surface area contributed by atoms with Crippen LogP contribution in [0.15, 0.2) is 48.7 Å². The van der Waals surface area contributed by atoms with Gasteiger partial charge in [0.1, 0.15) is 11.5 Å². The monoisotopic (exact) mass is 374 g/mol. The average molecular weight is 374 g/mol. The summed E-state index contributed by atoms with van der Waals surface area (Å²) < 4.78 is 42.3. The Bertz CT molecular complexity index is 903. The van der Waals surface area contributed by atoms with Crippen LogP contribution in [0.1, 0.15) is 11.3 Å². The quantitative estimate of drug-likeness (QED) is 0.610. The van der Waals surface area contributed by atoms with Crippen LogP contribution >= 0.6 is 0 Å². The Kier molecular flexibility index (Phi) is 5.59. The number of hydrogen-bond acceptors (Lipinski definition) is 4. The Hall–Kier alpha value is -3.09. The van der Waals surface area contributed by atoms with Crippen molar-refractivity contribution in [3.05, 3.63) is 59.9 Å². The van der Waals surface area contributed by atoms with Crippen LogP contribution < -0.4 is 14.2 Å². The lowest BCUT2D eigenvalue weighted by atomic mass is 10.1. The van der Waals surface area contributed by atoms with E-state index >= 15 is 0 Å². The molecule has 2 aromatic heterocycles.